The number of thiocarbonyl (C=S) groups is 1. The van der Waals surface area contributed by atoms with Crippen LogP contribution in [0.5, 0.6) is 0 Å². The maximum Gasteiger partial charge on any atom is 0.107 e. The monoisotopic (exact) mass is 272 g/mol. The molecule has 0 aliphatic heterocycles. The van der Waals surface area contributed by atoms with Gasteiger partial charge in [0.15, 0.2) is 0 Å². The maximum atomic E-state index is 5.79. The number of nitrogens with zero attached hydrogens (tertiary/aromatic N) is 2. The minimum Gasteiger partial charge on any atom is -0.389 e. The zero-order chi connectivity index (χ0) is 14.0. The molecular formula is C14H16N4S. The van der Waals surface area contributed by atoms with Crippen molar-refractivity contribution in [3.8, 4) is 0 Å². The molecule has 0 aliphatic carbocycles. The molecule has 2 aromatic heterocycles. The molecule has 19 heavy (non-hydrogen) atoms. The van der Waals surface area contributed by atoms with Crippen LogP contribution in [0.4, 0.5) is 11.4 Å². The minimum atomic E-state index is 0.342. The van der Waals surface area contributed by atoms with E-state index in [9.17, 15) is 0 Å². The summed E-state index contributed by atoms with van der Waals surface area (Å²) < 4.78 is 0. The van der Waals surface area contributed by atoms with E-state index in [0.717, 1.165) is 33.9 Å². The standard InChI is InChI=1S/C14H16N4S/c1-8-4-5-16-7-12(8)18-11-6-9(2)17-10(3)13(11)14(15)19/h4-7H,1-3H3,(H2,15,19)(H,17,18). The Bertz CT molecular complexity index is 637. The molecule has 3 N–H and O–H groups in total. The van der Waals surface area contributed by atoms with Crippen molar-refractivity contribution in [2.45, 2.75) is 20.8 Å². The summed E-state index contributed by atoms with van der Waals surface area (Å²) in [6.07, 6.45) is 3.54. The predicted molar refractivity (Wildman–Crippen MR) is 81.9 cm³/mol. The average Bonchev–Trinajstić information content (AvgIpc) is 2.30. The van der Waals surface area contributed by atoms with Gasteiger partial charge in [0.25, 0.3) is 0 Å². The first-order valence-corrected chi connectivity index (χ1v) is 6.35. The van der Waals surface area contributed by atoms with Gasteiger partial charge in [0, 0.05) is 17.6 Å². The Kier molecular flexibility index (Phi) is 3.76. The Balaban J connectivity index is 2.51. The number of aromatic nitrogens is 2. The van der Waals surface area contributed by atoms with Gasteiger partial charge in [-0.3, -0.25) is 9.97 Å². The summed E-state index contributed by atoms with van der Waals surface area (Å²) in [5.41, 5.74) is 11.2. The smallest absolute Gasteiger partial charge is 0.107 e. The molecule has 0 aliphatic rings. The Morgan fingerprint density at radius 2 is 2.00 bits per heavy atom. The zero-order valence-corrected chi connectivity index (χ0v) is 12.0. The van der Waals surface area contributed by atoms with Gasteiger partial charge >= 0.3 is 0 Å². The molecule has 4 nitrogen and oxygen atoms in total. The third-order valence-corrected chi connectivity index (χ3v) is 3.09. The maximum absolute atomic E-state index is 5.79. The van der Waals surface area contributed by atoms with Gasteiger partial charge < -0.3 is 11.1 Å². The Hall–Kier alpha value is -2.01. The molecule has 5 heteroatoms. The van der Waals surface area contributed by atoms with Gasteiger partial charge in [0.2, 0.25) is 0 Å². The lowest BCUT2D eigenvalue weighted by atomic mass is 10.1. The molecule has 0 fully saturated rings. The molecule has 0 bridgehead atoms. The molecule has 0 atom stereocenters. The summed E-state index contributed by atoms with van der Waals surface area (Å²) in [5.74, 6) is 0. The summed E-state index contributed by atoms with van der Waals surface area (Å²) in [6, 6.07) is 3.89. The average molecular weight is 272 g/mol. The van der Waals surface area contributed by atoms with Crippen LogP contribution < -0.4 is 11.1 Å². The third-order valence-electron chi connectivity index (χ3n) is 2.88. The number of rotatable bonds is 3. The van der Waals surface area contributed by atoms with Crippen molar-refractivity contribution in [2.24, 2.45) is 5.73 Å². The second-order valence-electron chi connectivity index (χ2n) is 4.45. The number of nitrogens with two attached hydrogens (primary N) is 1. The minimum absolute atomic E-state index is 0.342. The molecule has 2 heterocycles. The quantitative estimate of drug-likeness (QED) is 0.841. The molecule has 0 amide bonds. The Labute approximate surface area is 118 Å². The van der Waals surface area contributed by atoms with Crippen molar-refractivity contribution in [3.63, 3.8) is 0 Å². The van der Waals surface area contributed by atoms with E-state index >= 15 is 0 Å². The van der Waals surface area contributed by atoms with E-state index in [0.29, 0.717) is 4.99 Å². The summed E-state index contributed by atoms with van der Waals surface area (Å²) in [7, 11) is 0. The van der Waals surface area contributed by atoms with Crippen LogP contribution in [-0.4, -0.2) is 15.0 Å². The van der Waals surface area contributed by atoms with Crippen LogP contribution in [0, 0.1) is 20.8 Å². The van der Waals surface area contributed by atoms with Crippen LogP contribution in [0.25, 0.3) is 0 Å². The first-order chi connectivity index (χ1) is 8.99. The van der Waals surface area contributed by atoms with E-state index in [1.807, 2.05) is 32.9 Å². The van der Waals surface area contributed by atoms with Gasteiger partial charge in [-0.15, -0.1) is 0 Å². The fourth-order valence-electron chi connectivity index (χ4n) is 1.98. The normalized spacial score (nSPS) is 10.3. The molecule has 2 rings (SSSR count). The van der Waals surface area contributed by atoms with Crippen molar-refractivity contribution in [1.29, 1.82) is 0 Å². The second kappa shape index (κ2) is 5.32. The Morgan fingerprint density at radius 1 is 1.26 bits per heavy atom. The first kappa shape index (κ1) is 13.4. The van der Waals surface area contributed by atoms with E-state index in [2.05, 4.69) is 15.3 Å². The lowest BCUT2D eigenvalue weighted by Gasteiger charge is -2.15. The summed E-state index contributed by atoms with van der Waals surface area (Å²) in [6.45, 7) is 5.87. The summed E-state index contributed by atoms with van der Waals surface area (Å²) >= 11 is 5.11. The molecule has 0 unspecified atom stereocenters. The number of hydrogen-bond donors (Lipinski definition) is 2. The fraction of sp³-hybridized carbons (Fsp3) is 0.214. The number of hydrogen-bond acceptors (Lipinski definition) is 4. The molecule has 0 saturated heterocycles. The zero-order valence-electron chi connectivity index (χ0n) is 11.2. The highest BCUT2D eigenvalue weighted by Crippen LogP contribution is 2.25. The van der Waals surface area contributed by atoms with Crippen LogP contribution in [-0.2, 0) is 0 Å². The largest absolute Gasteiger partial charge is 0.389 e. The number of pyridine rings is 2. The lowest BCUT2D eigenvalue weighted by molar-refractivity contribution is 1.11. The van der Waals surface area contributed by atoms with Gasteiger partial charge in [-0.1, -0.05) is 12.2 Å². The topological polar surface area (TPSA) is 63.8 Å². The first-order valence-electron chi connectivity index (χ1n) is 5.94. The lowest BCUT2D eigenvalue weighted by Crippen LogP contribution is -2.15. The number of nitrogens with one attached hydrogen (secondary N) is 1. The van der Waals surface area contributed by atoms with Crippen molar-refractivity contribution >= 4 is 28.6 Å². The molecule has 0 saturated carbocycles. The second-order valence-corrected chi connectivity index (χ2v) is 4.89. The van der Waals surface area contributed by atoms with Crippen molar-refractivity contribution in [3.05, 3.63) is 47.0 Å². The summed E-state index contributed by atoms with van der Waals surface area (Å²) in [4.78, 5) is 8.86. The van der Waals surface area contributed by atoms with Crippen molar-refractivity contribution < 1.29 is 0 Å². The van der Waals surface area contributed by atoms with Gasteiger partial charge in [0.1, 0.15) is 4.99 Å². The number of aryl methyl sites for hydroxylation is 3. The highest BCUT2D eigenvalue weighted by atomic mass is 32.1. The van der Waals surface area contributed by atoms with Gasteiger partial charge in [-0.05, 0) is 38.5 Å². The van der Waals surface area contributed by atoms with Crippen LogP contribution in [0.2, 0.25) is 0 Å². The molecule has 98 valence electrons. The third kappa shape index (κ3) is 2.88. The fourth-order valence-corrected chi connectivity index (χ4v) is 2.24. The summed E-state index contributed by atoms with van der Waals surface area (Å²) in [5, 5.41) is 3.33. The van der Waals surface area contributed by atoms with E-state index in [-0.39, 0.29) is 0 Å². The van der Waals surface area contributed by atoms with Crippen molar-refractivity contribution in [1.82, 2.24) is 9.97 Å². The highest BCUT2D eigenvalue weighted by Gasteiger charge is 2.12. The Morgan fingerprint density at radius 3 is 2.63 bits per heavy atom. The van der Waals surface area contributed by atoms with Gasteiger partial charge in [0.05, 0.1) is 23.1 Å². The van der Waals surface area contributed by atoms with E-state index < -0.39 is 0 Å². The van der Waals surface area contributed by atoms with E-state index in [1.165, 1.54) is 0 Å². The molecular weight excluding hydrogens is 256 g/mol. The van der Waals surface area contributed by atoms with E-state index in [1.54, 1.807) is 12.4 Å². The molecule has 0 radical (unpaired) electrons. The number of anilines is 2. The van der Waals surface area contributed by atoms with Crippen LogP contribution >= 0.6 is 12.2 Å². The van der Waals surface area contributed by atoms with Gasteiger partial charge in [-0.25, -0.2) is 0 Å². The SMILES string of the molecule is Cc1cc(Nc2cnccc2C)c(C(N)=S)c(C)n1. The van der Waals surface area contributed by atoms with Crippen LogP contribution in [0.15, 0.2) is 24.5 Å². The van der Waals surface area contributed by atoms with Crippen LogP contribution in [0.1, 0.15) is 22.5 Å². The van der Waals surface area contributed by atoms with Gasteiger partial charge in [-0.2, -0.15) is 0 Å². The van der Waals surface area contributed by atoms with Crippen LogP contribution in [0.3, 0.4) is 0 Å². The van der Waals surface area contributed by atoms with E-state index in [4.69, 9.17) is 18.0 Å². The predicted octanol–water partition coefficient (Wildman–Crippen LogP) is 2.78. The molecule has 0 aromatic carbocycles. The highest BCUT2D eigenvalue weighted by molar-refractivity contribution is 7.80. The molecule has 2 aromatic rings. The van der Waals surface area contributed by atoms with Crippen molar-refractivity contribution in [2.75, 3.05) is 5.32 Å². The molecule has 0 spiro atoms.